The topological polar surface area (TPSA) is 65.0 Å². The molecule has 3 saturated carbocycles. The summed E-state index contributed by atoms with van der Waals surface area (Å²) in [5, 5.41) is 4.26. The summed E-state index contributed by atoms with van der Waals surface area (Å²) >= 11 is 0. The molecule has 5 heteroatoms. The number of carbonyl (C=O) groups excluding carboxylic acids is 2. The lowest BCUT2D eigenvalue weighted by atomic mass is 9.48. The van der Waals surface area contributed by atoms with E-state index in [-0.39, 0.29) is 28.9 Å². The van der Waals surface area contributed by atoms with Gasteiger partial charge in [-0.1, -0.05) is 30.7 Å². The average Bonchev–Trinajstić information content (AvgIpc) is 2.96. The molecule has 0 spiro atoms. The third-order valence-corrected chi connectivity index (χ3v) is 8.42. The van der Waals surface area contributed by atoms with Crippen molar-refractivity contribution in [3.05, 3.63) is 11.6 Å². The second-order valence-electron chi connectivity index (χ2n) is 9.85. The van der Waals surface area contributed by atoms with Gasteiger partial charge < -0.3 is 9.57 Å². The predicted octanol–water partition coefficient (Wildman–Crippen LogP) is 4.80. The zero-order valence-electron chi connectivity index (χ0n) is 17.6. The van der Waals surface area contributed by atoms with Gasteiger partial charge in [-0.25, -0.2) is 4.79 Å². The van der Waals surface area contributed by atoms with Gasteiger partial charge in [-0.3, -0.25) is 4.79 Å². The van der Waals surface area contributed by atoms with Crippen molar-refractivity contribution >= 4 is 17.7 Å². The molecular formula is C23H33NO4. The minimum absolute atomic E-state index is 0.0520. The van der Waals surface area contributed by atoms with E-state index >= 15 is 0 Å². The number of ether oxygens (including phenoxy) is 1. The van der Waals surface area contributed by atoms with Crippen LogP contribution in [0.15, 0.2) is 16.8 Å². The molecule has 28 heavy (non-hydrogen) atoms. The SMILES string of the molecule is CC(=O)ON=C1CC[C@H]2[C@@H]3CC=C4CC(OC(C)=O)CC[C@]4(C)[C@H]3CC[C@]12C. The van der Waals surface area contributed by atoms with Crippen LogP contribution in [0.4, 0.5) is 0 Å². The van der Waals surface area contributed by atoms with E-state index in [1.165, 1.54) is 25.8 Å². The number of esters is 1. The molecule has 4 rings (SSSR count). The van der Waals surface area contributed by atoms with Crippen LogP contribution in [0.25, 0.3) is 0 Å². The van der Waals surface area contributed by atoms with Crippen LogP contribution >= 0.6 is 0 Å². The van der Waals surface area contributed by atoms with Gasteiger partial charge in [-0.05, 0) is 68.1 Å². The van der Waals surface area contributed by atoms with Crippen LogP contribution in [0.2, 0.25) is 0 Å². The van der Waals surface area contributed by atoms with Crippen molar-refractivity contribution in [2.24, 2.45) is 33.7 Å². The minimum atomic E-state index is -0.337. The Kier molecular flexibility index (Phi) is 4.91. The van der Waals surface area contributed by atoms with Gasteiger partial charge in [-0.15, -0.1) is 0 Å². The Balaban J connectivity index is 1.56. The molecular weight excluding hydrogens is 354 g/mol. The molecule has 0 radical (unpaired) electrons. The number of rotatable bonds is 2. The first-order valence-corrected chi connectivity index (χ1v) is 10.9. The number of hydrogen-bond donors (Lipinski definition) is 0. The average molecular weight is 388 g/mol. The van der Waals surface area contributed by atoms with Crippen LogP contribution in [0.3, 0.4) is 0 Å². The Morgan fingerprint density at radius 1 is 1.04 bits per heavy atom. The van der Waals surface area contributed by atoms with E-state index in [1.807, 2.05) is 0 Å². The van der Waals surface area contributed by atoms with E-state index in [0.29, 0.717) is 17.8 Å². The molecule has 0 bridgehead atoms. The highest BCUT2D eigenvalue weighted by Gasteiger charge is 2.58. The van der Waals surface area contributed by atoms with E-state index in [0.717, 1.165) is 50.7 Å². The first kappa shape index (κ1) is 19.7. The molecule has 4 aliphatic carbocycles. The lowest BCUT2D eigenvalue weighted by Gasteiger charge is -2.57. The predicted molar refractivity (Wildman–Crippen MR) is 106 cm³/mol. The number of nitrogens with zero attached hydrogens (tertiary/aromatic N) is 1. The zero-order valence-corrected chi connectivity index (χ0v) is 17.6. The molecule has 6 atom stereocenters. The van der Waals surface area contributed by atoms with Gasteiger partial charge in [0.1, 0.15) is 6.10 Å². The van der Waals surface area contributed by atoms with Crippen LogP contribution < -0.4 is 0 Å². The van der Waals surface area contributed by atoms with E-state index in [9.17, 15) is 9.59 Å². The fourth-order valence-electron chi connectivity index (χ4n) is 7.02. The van der Waals surface area contributed by atoms with Crippen LogP contribution in [-0.4, -0.2) is 23.8 Å². The maximum absolute atomic E-state index is 11.4. The number of allylic oxidation sites excluding steroid dienone is 1. The number of oxime groups is 1. The second kappa shape index (κ2) is 7.00. The Morgan fingerprint density at radius 2 is 1.75 bits per heavy atom. The fourth-order valence-corrected chi connectivity index (χ4v) is 7.02. The minimum Gasteiger partial charge on any atom is -0.462 e. The summed E-state index contributed by atoms with van der Waals surface area (Å²) in [5.74, 6) is 1.47. The largest absolute Gasteiger partial charge is 0.462 e. The normalized spacial score (nSPS) is 43.4. The van der Waals surface area contributed by atoms with Gasteiger partial charge in [0.15, 0.2) is 0 Å². The van der Waals surface area contributed by atoms with Crippen molar-refractivity contribution < 1.29 is 19.2 Å². The third-order valence-electron chi connectivity index (χ3n) is 8.42. The molecule has 4 aliphatic rings. The highest BCUT2D eigenvalue weighted by molar-refractivity contribution is 5.92. The summed E-state index contributed by atoms with van der Waals surface area (Å²) in [6.45, 7) is 7.71. The molecule has 154 valence electrons. The van der Waals surface area contributed by atoms with Crippen molar-refractivity contribution in [1.29, 1.82) is 0 Å². The van der Waals surface area contributed by atoms with E-state index < -0.39 is 0 Å². The number of carbonyl (C=O) groups is 2. The lowest BCUT2D eigenvalue weighted by Crippen LogP contribution is -2.50. The Bertz CT molecular complexity index is 741. The number of hydrogen-bond acceptors (Lipinski definition) is 5. The van der Waals surface area contributed by atoms with Gasteiger partial charge in [0.05, 0.1) is 5.71 Å². The van der Waals surface area contributed by atoms with Crippen molar-refractivity contribution in [1.82, 2.24) is 0 Å². The molecule has 0 aromatic carbocycles. The van der Waals surface area contributed by atoms with Crippen molar-refractivity contribution in [2.75, 3.05) is 0 Å². The van der Waals surface area contributed by atoms with Gasteiger partial charge >= 0.3 is 11.9 Å². The molecule has 0 heterocycles. The van der Waals surface area contributed by atoms with Crippen LogP contribution in [0.5, 0.6) is 0 Å². The van der Waals surface area contributed by atoms with E-state index in [2.05, 4.69) is 25.1 Å². The first-order valence-electron chi connectivity index (χ1n) is 10.9. The Hall–Kier alpha value is -1.65. The highest BCUT2D eigenvalue weighted by Crippen LogP contribution is 2.64. The lowest BCUT2D eigenvalue weighted by molar-refractivity contribution is -0.148. The number of fused-ring (bicyclic) bond motifs is 5. The van der Waals surface area contributed by atoms with Crippen molar-refractivity contribution in [2.45, 2.75) is 85.2 Å². The summed E-state index contributed by atoms with van der Waals surface area (Å²) in [4.78, 5) is 27.6. The van der Waals surface area contributed by atoms with Crippen LogP contribution in [-0.2, 0) is 19.2 Å². The summed E-state index contributed by atoms with van der Waals surface area (Å²) < 4.78 is 5.53. The Morgan fingerprint density at radius 3 is 2.46 bits per heavy atom. The van der Waals surface area contributed by atoms with Crippen molar-refractivity contribution in [3.8, 4) is 0 Å². The summed E-state index contributed by atoms with van der Waals surface area (Å²) in [7, 11) is 0. The van der Waals surface area contributed by atoms with Gasteiger partial charge in [-0.2, -0.15) is 0 Å². The monoisotopic (exact) mass is 387 g/mol. The third kappa shape index (κ3) is 3.11. The summed E-state index contributed by atoms with van der Waals surface area (Å²) in [6.07, 6.45) is 11.0. The molecule has 0 aliphatic heterocycles. The molecule has 0 saturated heterocycles. The molecule has 0 aromatic heterocycles. The zero-order chi connectivity index (χ0) is 20.1. The summed E-state index contributed by atoms with van der Waals surface area (Å²) in [5.41, 5.74) is 2.90. The van der Waals surface area contributed by atoms with Crippen LogP contribution in [0, 0.1) is 28.6 Å². The summed E-state index contributed by atoms with van der Waals surface area (Å²) in [6, 6.07) is 0. The van der Waals surface area contributed by atoms with Crippen LogP contribution in [0.1, 0.15) is 79.1 Å². The van der Waals surface area contributed by atoms with E-state index in [1.54, 1.807) is 0 Å². The quantitative estimate of drug-likeness (QED) is 0.295. The van der Waals surface area contributed by atoms with Gasteiger partial charge in [0.25, 0.3) is 0 Å². The maximum atomic E-state index is 11.4. The molecule has 0 aromatic rings. The first-order chi connectivity index (χ1) is 13.2. The molecule has 0 N–H and O–H groups in total. The van der Waals surface area contributed by atoms with Gasteiger partial charge in [0, 0.05) is 25.7 Å². The Labute approximate surface area is 167 Å². The molecule has 0 amide bonds. The van der Waals surface area contributed by atoms with E-state index in [4.69, 9.17) is 9.57 Å². The fraction of sp³-hybridized carbons (Fsp3) is 0.783. The molecule has 1 unspecified atom stereocenters. The molecule has 3 fully saturated rings. The standard InChI is InChI=1S/C23H33NO4/c1-14(25)27-17-9-11-22(3)16(13-17)5-6-18-19-7-8-21(24-28-15(2)26)23(19,4)12-10-20(18)22/h5,17-20H,6-13H2,1-4H3/t17?,18-,19-,20-,22-,23-/m0/s1. The second-order valence-corrected chi connectivity index (χ2v) is 9.85. The smallest absolute Gasteiger partial charge is 0.331 e. The highest BCUT2D eigenvalue weighted by atomic mass is 16.7. The van der Waals surface area contributed by atoms with Gasteiger partial charge in [0.2, 0.25) is 0 Å². The maximum Gasteiger partial charge on any atom is 0.331 e. The van der Waals surface area contributed by atoms with Crippen molar-refractivity contribution in [3.63, 3.8) is 0 Å². The molecule has 5 nitrogen and oxygen atoms in total.